The fourth-order valence-corrected chi connectivity index (χ4v) is 5.12. The number of carbonyl (C=O) groups excluding carboxylic acids is 1. The first-order valence-corrected chi connectivity index (χ1v) is 11.3. The molecule has 2 saturated heterocycles. The minimum atomic E-state index is -0.315. The van der Waals surface area contributed by atoms with Gasteiger partial charge in [0.15, 0.2) is 5.65 Å². The number of rotatable bonds is 3. The van der Waals surface area contributed by atoms with E-state index in [0.717, 1.165) is 68.6 Å². The van der Waals surface area contributed by atoms with Crippen molar-refractivity contribution < 1.29 is 9.53 Å². The van der Waals surface area contributed by atoms with Crippen molar-refractivity contribution in [3.05, 3.63) is 33.4 Å². The van der Waals surface area contributed by atoms with E-state index in [4.69, 9.17) is 9.72 Å². The van der Waals surface area contributed by atoms with Crippen LogP contribution in [-0.4, -0.2) is 62.1 Å². The number of hydrogen-bond donors (Lipinski definition) is 1. The number of amides is 1. The van der Waals surface area contributed by atoms with Crippen LogP contribution in [0.3, 0.4) is 0 Å². The number of aromatic amines is 1. The van der Waals surface area contributed by atoms with Crippen molar-refractivity contribution >= 4 is 11.6 Å². The normalized spacial score (nSPS) is 25.2. The van der Waals surface area contributed by atoms with E-state index in [-0.39, 0.29) is 23.6 Å². The van der Waals surface area contributed by atoms with Gasteiger partial charge in [0.2, 0.25) is 0 Å². The topological polar surface area (TPSA) is 82.9 Å². The van der Waals surface area contributed by atoms with Crippen molar-refractivity contribution in [2.24, 2.45) is 0 Å². The number of aromatic nitrogens is 3. The lowest BCUT2D eigenvalue weighted by Crippen LogP contribution is -2.44. The lowest BCUT2D eigenvalue weighted by Gasteiger charge is -2.36. The summed E-state index contributed by atoms with van der Waals surface area (Å²) in [5, 5.41) is 3.29. The molecule has 2 aromatic rings. The van der Waals surface area contributed by atoms with Crippen molar-refractivity contribution in [3.63, 3.8) is 0 Å². The Labute approximate surface area is 176 Å². The SMILES string of the molecule is CC(C)N1CCc2c(nc3cc([C@@H]4CCCCN4C(=O)[C@@H]4CCCO4)[nH]n3c2=O)C1. The number of H-pyrrole nitrogens is 1. The fourth-order valence-electron chi connectivity index (χ4n) is 5.12. The Hall–Kier alpha value is -2.19. The van der Waals surface area contributed by atoms with Gasteiger partial charge in [-0.05, 0) is 52.4 Å². The number of piperidine rings is 1. The van der Waals surface area contributed by atoms with Crippen LogP contribution in [0, 0.1) is 0 Å². The van der Waals surface area contributed by atoms with Crippen LogP contribution < -0.4 is 5.56 Å². The van der Waals surface area contributed by atoms with Crippen LogP contribution in [0.4, 0.5) is 0 Å². The highest BCUT2D eigenvalue weighted by atomic mass is 16.5. The molecule has 2 aromatic heterocycles. The summed E-state index contributed by atoms with van der Waals surface area (Å²) in [6, 6.07) is 2.34. The minimum absolute atomic E-state index is 0.00234. The molecule has 2 atom stereocenters. The monoisotopic (exact) mass is 413 g/mol. The summed E-state index contributed by atoms with van der Waals surface area (Å²) in [5.74, 6) is 0.0861. The summed E-state index contributed by atoms with van der Waals surface area (Å²) in [5.41, 5.74) is 3.25. The van der Waals surface area contributed by atoms with Gasteiger partial charge in [-0.15, -0.1) is 0 Å². The second-order valence-electron chi connectivity index (χ2n) is 9.11. The Morgan fingerprint density at radius 2 is 2.10 bits per heavy atom. The van der Waals surface area contributed by atoms with Crippen LogP contribution >= 0.6 is 0 Å². The molecule has 5 rings (SSSR count). The first-order chi connectivity index (χ1) is 14.5. The molecule has 3 aliphatic rings. The Balaban J connectivity index is 1.49. The standard InChI is InChI=1S/C22H31N5O3/c1-14(2)25-10-8-15-17(13-25)23-20-12-16(24-27(20)21(15)28)18-6-3-4-9-26(18)22(29)19-7-5-11-30-19/h12,14,18-19,24H,3-11,13H2,1-2H3/t18-,19-/m0/s1. The van der Waals surface area contributed by atoms with Gasteiger partial charge in [0.25, 0.3) is 11.5 Å². The van der Waals surface area contributed by atoms with Crippen molar-refractivity contribution in [1.29, 1.82) is 0 Å². The van der Waals surface area contributed by atoms with Gasteiger partial charge < -0.3 is 9.64 Å². The Morgan fingerprint density at radius 1 is 1.23 bits per heavy atom. The van der Waals surface area contributed by atoms with Gasteiger partial charge in [0.05, 0.1) is 17.4 Å². The summed E-state index contributed by atoms with van der Waals surface area (Å²) in [4.78, 5) is 35.4. The molecule has 0 unspecified atom stereocenters. The number of likely N-dealkylation sites (tertiary alicyclic amines) is 1. The maximum atomic E-state index is 13.1. The number of nitrogens with one attached hydrogen (secondary N) is 1. The zero-order chi connectivity index (χ0) is 20.8. The summed E-state index contributed by atoms with van der Waals surface area (Å²) in [7, 11) is 0. The molecule has 1 amide bonds. The van der Waals surface area contributed by atoms with E-state index in [2.05, 4.69) is 23.8 Å². The van der Waals surface area contributed by atoms with E-state index in [1.54, 1.807) is 4.52 Å². The highest BCUT2D eigenvalue weighted by Crippen LogP contribution is 2.32. The highest BCUT2D eigenvalue weighted by molar-refractivity contribution is 5.81. The van der Waals surface area contributed by atoms with E-state index in [1.165, 1.54) is 0 Å². The van der Waals surface area contributed by atoms with Crippen LogP contribution in [0.15, 0.2) is 10.9 Å². The molecule has 162 valence electrons. The van der Waals surface area contributed by atoms with E-state index >= 15 is 0 Å². The molecule has 0 aromatic carbocycles. The first kappa shape index (κ1) is 19.8. The van der Waals surface area contributed by atoms with Crippen molar-refractivity contribution in [3.8, 4) is 0 Å². The summed E-state index contributed by atoms with van der Waals surface area (Å²) in [6.45, 7) is 7.35. The summed E-state index contributed by atoms with van der Waals surface area (Å²) >= 11 is 0. The zero-order valence-electron chi connectivity index (χ0n) is 17.9. The van der Waals surface area contributed by atoms with Crippen LogP contribution in [0.5, 0.6) is 0 Å². The molecule has 0 bridgehead atoms. The molecule has 0 saturated carbocycles. The van der Waals surface area contributed by atoms with Crippen LogP contribution in [-0.2, 0) is 22.5 Å². The molecule has 5 heterocycles. The Morgan fingerprint density at radius 3 is 2.87 bits per heavy atom. The van der Waals surface area contributed by atoms with Gasteiger partial charge in [0, 0.05) is 43.9 Å². The van der Waals surface area contributed by atoms with E-state index in [1.807, 2.05) is 11.0 Å². The van der Waals surface area contributed by atoms with Gasteiger partial charge in [-0.1, -0.05) is 0 Å². The maximum Gasteiger partial charge on any atom is 0.276 e. The van der Waals surface area contributed by atoms with Gasteiger partial charge in [-0.3, -0.25) is 19.6 Å². The predicted molar refractivity (Wildman–Crippen MR) is 112 cm³/mol. The van der Waals surface area contributed by atoms with Gasteiger partial charge >= 0.3 is 0 Å². The molecule has 8 nitrogen and oxygen atoms in total. The quantitative estimate of drug-likeness (QED) is 0.832. The largest absolute Gasteiger partial charge is 0.368 e. The third-order valence-corrected chi connectivity index (χ3v) is 6.90. The average molecular weight is 414 g/mol. The highest BCUT2D eigenvalue weighted by Gasteiger charge is 2.35. The first-order valence-electron chi connectivity index (χ1n) is 11.3. The molecule has 0 aliphatic carbocycles. The third-order valence-electron chi connectivity index (χ3n) is 6.90. The molecular weight excluding hydrogens is 382 g/mol. The molecule has 30 heavy (non-hydrogen) atoms. The Bertz CT molecular complexity index is 1000. The molecule has 1 N–H and O–H groups in total. The van der Waals surface area contributed by atoms with Gasteiger partial charge in [-0.25, -0.2) is 9.50 Å². The zero-order valence-corrected chi connectivity index (χ0v) is 17.9. The number of nitrogens with zero attached hydrogens (tertiary/aromatic N) is 4. The summed E-state index contributed by atoms with van der Waals surface area (Å²) in [6.07, 6.45) is 5.12. The number of ether oxygens (including phenoxy) is 1. The van der Waals surface area contributed by atoms with Gasteiger partial charge in [0.1, 0.15) is 6.10 Å². The Kier molecular flexibility index (Phi) is 5.14. The number of carbonyl (C=O) groups is 1. The molecule has 3 aliphatic heterocycles. The van der Waals surface area contributed by atoms with E-state index in [0.29, 0.717) is 24.8 Å². The van der Waals surface area contributed by atoms with Crippen molar-refractivity contribution in [2.75, 3.05) is 19.7 Å². The van der Waals surface area contributed by atoms with E-state index < -0.39 is 0 Å². The lowest BCUT2D eigenvalue weighted by atomic mass is 9.98. The second-order valence-corrected chi connectivity index (χ2v) is 9.11. The predicted octanol–water partition coefficient (Wildman–Crippen LogP) is 2.02. The molecule has 8 heteroatoms. The van der Waals surface area contributed by atoms with Crippen LogP contribution in [0.25, 0.3) is 5.65 Å². The average Bonchev–Trinajstić information content (AvgIpc) is 3.43. The summed E-state index contributed by atoms with van der Waals surface area (Å²) < 4.78 is 7.23. The smallest absolute Gasteiger partial charge is 0.276 e. The van der Waals surface area contributed by atoms with Crippen LogP contribution in [0.2, 0.25) is 0 Å². The minimum Gasteiger partial charge on any atom is -0.368 e. The van der Waals surface area contributed by atoms with Gasteiger partial charge in [-0.2, -0.15) is 0 Å². The van der Waals surface area contributed by atoms with Crippen molar-refractivity contribution in [1.82, 2.24) is 24.4 Å². The number of fused-ring (bicyclic) bond motifs is 2. The second kappa shape index (κ2) is 7.81. The van der Waals surface area contributed by atoms with Crippen molar-refractivity contribution in [2.45, 2.75) is 77.1 Å². The lowest BCUT2D eigenvalue weighted by molar-refractivity contribution is -0.145. The molecular formula is C22H31N5O3. The molecule has 2 fully saturated rings. The van der Waals surface area contributed by atoms with E-state index in [9.17, 15) is 9.59 Å². The van der Waals surface area contributed by atoms with Crippen LogP contribution in [0.1, 0.15) is 68.9 Å². The number of hydrogen-bond acceptors (Lipinski definition) is 5. The molecule has 0 radical (unpaired) electrons. The third kappa shape index (κ3) is 3.36. The fraction of sp³-hybridized carbons (Fsp3) is 0.682. The maximum absolute atomic E-state index is 13.1. The molecule has 0 spiro atoms.